The monoisotopic (exact) mass is 272 g/mol. The maximum Gasteiger partial charge on any atom is 0.227 e. The van der Waals surface area contributed by atoms with E-state index in [1.54, 1.807) is 13.2 Å². The predicted octanol–water partition coefficient (Wildman–Crippen LogP) is 2.58. The third kappa shape index (κ3) is 2.99. The zero-order valence-corrected chi connectivity index (χ0v) is 12.1. The molecule has 5 heteroatoms. The molecule has 0 spiro atoms. The van der Waals surface area contributed by atoms with Gasteiger partial charge in [0.05, 0.1) is 12.8 Å². The average molecular weight is 272 g/mol. The molecule has 0 unspecified atom stereocenters. The molecule has 0 saturated carbocycles. The summed E-state index contributed by atoms with van der Waals surface area (Å²) in [5.41, 5.74) is 7.67. The summed E-state index contributed by atoms with van der Waals surface area (Å²) in [6, 6.07) is 9.54. The molecule has 0 bridgehead atoms. The first-order chi connectivity index (χ1) is 9.67. The smallest absolute Gasteiger partial charge is 0.227 e. The second-order valence-electron chi connectivity index (χ2n) is 4.38. The van der Waals surface area contributed by atoms with E-state index in [1.807, 2.05) is 24.3 Å². The molecule has 5 nitrogen and oxygen atoms in total. The SMILES string of the molecule is CCN(CC)c1nc(N)cc(-c2cccc(OC)c2)n1. The molecule has 2 rings (SSSR count). The average Bonchev–Trinajstić information content (AvgIpc) is 2.48. The van der Waals surface area contributed by atoms with Gasteiger partial charge in [0.25, 0.3) is 0 Å². The highest BCUT2D eigenvalue weighted by molar-refractivity contribution is 5.65. The molecule has 2 N–H and O–H groups in total. The van der Waals surface area contributed by atoms with Gasteiger partial charge in [0.15, 0.2) is 0 Å². The van der Waals surface area contributed by atoms with Gasteiger partial charge >= 0.3 is 0 Å². The Morgan fingerprint density at radius 3 is 2.55 bits per heavy atom. The van der Waals surface area contributed by atoms with Gasteiger partial charge in [-0.15, -0.1) is 0 Å². The summed E-state index contributed by atoms with van der Waals surface area (Å²) in [6.45, 7) is 5.83. The van der Waals surface area contributed by atoms with Crippen molar-refractivity contribution < 1.29 is 4.74 Å². The van der Waals surface area contributed by atoms with Crippen molar-refractivity contribution in [3.63, 3.8) is 0 Å². The molecule has 0 radical (unpaired) electrons. The first-order valence-electron chi connectivity index (χ1n) is 6.71. The second kappa shape index (κ2) is 6.23. The Kier molecular flexibility index (Phi) is 4.40. The molecule has 0 atom stereocenters. The van der Waals surface area contributed by atoms with E-state index in [4.69, 9.17) is 10.5 Å². The van der Waals surface area contributed by atoms with Gasteiger partial charge in [-0.25, -0.2) is 4.98 Å². The number of rotatable bonds is 5. The van der Waals surface area contributed by atoms with Gasteiger partial charge in [-0.2, -0.15) is 4.98 Å². The van der Waals surface area contributed by atoms with Crippen molar-refractivity contribution in [1.82, 2.24) is 9.97 Å². The van der Waals surface area contributed by atoms with Crippen LogP contribution in [-0.4, -0.2) is 30.2 Å². The number of ether oxygens (including phenoxy) is 1. The van der Waals surface area contributed by atoms with Gasteiger partial charge in [-0.3, -0.25) is 0 Å². The zero-order chi connectivity index (χ0) is 14.5. The summed E-state index contributed by atoms with van der Waals surface area (Å²) in [6.07, 6.45) is 0. The topological polar surface area (TPSA) is 64.3 Å². The lowest BCUT2D eigenvalue weighted by Crippen LogP contribution is -2.24. The molecular weight excluding hydrogens is 252 g/mol. The van der Waals surface area contributed by atoms with Crippen LogP contribution in [0.1, 0.15) is 13.8 Å². The third-order valence-electron chi connectivity index (χ3n) is 3.15. The molecule has 0 aliphatic carbocycles. The molecule has 0 amide bonds. The Bertz CT molecular complexity index is 582. The Morgan fingerprint density at radius 1 is 1.15 bits per heavy atom. The van der Waals surface area contributed by atoms with E-state index in [9.17, 15) is 0 Å². The van der Waals surface area contributed by atoms with Crippen molar-refractivity contribution in [2.45, 2.75) is 13.8 Å². The molecule has 1 heterocycles. The van der Waals surface area contributed by atoms with E-state index in [2.05, 4.69) is 28.7 Å². The van der Waals surface area contributed by atoms with Crippen LogP contribution < -0.4 is 15.4 Å². The number of nitrogen functional groups attached to an aromatic ring is 1. The quantitative estimate of drug-likeness (QED) is 0.906. The van der Waals surface area contributed by atoms with Crippen molar-refractivity contribution in [2.75, 3.05) is 30.8 Å². The Morgan fingerprint density at radius 2 is 1.90 bits per heavy atom. The summed E-state index contributed by atoms with van der Waals surface area (Å²) in [5, 5.41) is 0. The largest absolute Gasteiger partial charge is 0.497 e. The van der Waals surface area contributed by atoms with Crippen LogP contribution in [0.2, 0.25) is 0 Å². The van der Waals surface area contributed by atoms with Crippen LogP contribution in [0.5, 0.6) is 5.75 Å². The first kappa shape index (κ1) is 14.1. The molecule has 106 valence electrons. The molecule has 20 heavy (non-hydrogen) atoms. The lowest BCUT2D eigenvalue weighted by molar-refractivity contribution is 0.415. The summed E-state index contributed by atoms with van der Waals surface area (Å²) in [4.78, 5) is 11.0. The van der Waals surface area contributed by atoms with Crippen LogP contribution in [0.25, 0.3) is 11.3 Å². The van der Waals surface area contributed by atoms with Gasteiger partial charge in [0.2, 0.25) is 5.95 Å². The Balaban J connectivity index is 2.45. The fourth-order valence-electron chi connectivity index (χ4n) is 2.03. The summed E-state index contributed by atoms with van der Waals surface area (Å²) >= 11 is 0. The third-order valence-corrected chi connectivity index (χ3v) is 3.15. The summed E-state index contributed by atoms with van der Waals surface area (Å²) < 4.78 is 5.24. The van der Waals surface area contributed by atoms with Crippen molar-refractivity contribution >= 4 is 11.8 Å². The lowest BCUT2D eigenvalue weighted by atomic mass is 10.1. The molecule has 1 aromatic heterocycles. The van der Waals surface area contributed by atoms with Crippen molar-refractivity contribution in [3.05, 3.63) is 30.3 Å². The minimum Gasteiger partial charge on any atom is -0.497 e. The van der Waals surface area contributed by atoms with Crippen molar-refractivity contribution in [2.24, 2.45) is 0 Å². The normalized spacial score (nSPS) is 10.3. The summed E-state index contributed by atoms with van der Waals surface area (Å²) in [7, 11) is 1.65. The highest BCUT2D eigenvalue weighted by Crippen LogP contribution is 2.25. The number of nitrogens with zero attached hydrogens (tertiary/aromatic N) is 3. The van der Waals surface area contributed by atoms with E-state index in [1.165, 1.54) is 0 Å². The van der Waals surface area contributed by atoms with Gasteiger partial charge in [-0.05, 0) is 26.0 Å². The number of hydrogen-bond donors (Lipinski definition) is 1. The second-order valence-corrected chi connectivity index (χ2v) is 4.38. The van der Waals surface area contributed by atoms with Gasteiger partial charge in [-0.1, -0.05) is 12.1 Å². The first-order valence-corrected chi connectivity index (χ1v) is 6.71. The van der Waals surface area contributed by atoms with Crippen LogP contribution in [0, 0.1) is 0 Å². The number of hydrogen-bond acceptors (Lipinski definition) is 5. The molecule has 0 aliphatic heterocycles. The van der Waals surface area contributed by atoms with E-state index in [0.29, 0.717) is 11.8 Å². The van der Waals surface area contributed by atoms with Crippen molar-refractivity contribution in [3.8, 4) is 17.0 Å². The number of aromatic nitrogens is 2. The van der Waals surface area contributed by atoms with E-state index in [0.717, 1.165) is 30.1 Å². The number of benzene rings is 1. The maximum absolute atomic E-state index is 5.91. The fraction of sp³-hybridized carbons (Fsp3) is 0.333. The van der Waals surface area contributed by atoms with Crippen LogP contribution >= 0.6 is 0 Å². The number of anilines is 2. The number of methoxy groups -OCH3 is 1. The minimum absolute atomic E-state index is 0.472. The van der Waals surface area contributed by atoms with E-state index in [-0.39, 0.29) is 0 Å². The van der Waals surface area contributed by atoms with Crippen LogP contribution in [-0.2, 0) is 0 Å². The van der Waals surface area contributed by atoms with Crippen LogP contribution in [0.3, 0.4) is 0 Å². The zero-order valence-electron chi connectivity index (χ0n) is 12.1. The highest BCUT2D eigenvalue weighted by Gasteiger charge is 2.10. The fourth-order valence-corrected chi connectivity index (χ4v) is 2.03. The minimum atomic E-state index is 0.472. The molecule has 2 aromatic rings. The molecule has 0 aliphatic rings. The van der Waals surface area contributed by atoms with Crippen LogP contribution in [0.4, 0.5) is 11.8 Å². The molecule has 0 fully saturated rings. The standard InChI is InChI=1S/C15H20N4O/c1-4-19(5-2)15-17-13(10-14(16)18-15)11-7-6-8-12(9-11)20-3/h6-10H,4-5H2,1-3H3,(H2,16,17,18). The van der Waals surface area contributed by atoms with Crippen molar-refractivity contribution in [1.29, 1.82) is 0 Å². The van der Waals surface area contributed by atoms with Gasteiger partial charge in [0, 0.05) is 24.7 Å². The summed E-state index contributed by atoms with van der Waals surface area (Å²) in [5.74, 6) is 1.93. The Hall–Kier alpha value is -2.30. The Labute approximate surface area is 119 Å². The maximum atomic E-state index is 5.91. The predicted molar refractivity (Wildman–Crippen MR) is 82.0 cm³/mol. The molecule has 1 aromatic carbocycles. The highest BCUT2D eigenvalue weighted by atomic mass is 16.5. The molecular formula is C15H20N4O. The van der Waals surface area contributed by atoms with Gasteiger partial charge < -0.3 is 15.4 Å². The molecule has 0 saturated heterocycles. The van der Waals surface area contributed by atoms with Gasteiger partial charge in [0.1, 0.15) is 11.6 Å². The van der Waals surface area contributed by atoms with E-state index < -0.39 is 0 Å². The number of nitrogens with two attached hydrogens (primary N) is 1. The van der Waals surface area contributed by atoms with E-state index >= 15 is 0 Å². The lowest BCUT2D eigenvalue weighted by Gasteiger charge is -2.19. The van der Waals surface area contributed by atoms with Crippen LogP contribution in [0.15, 0.2) is 30.3 Å².